The molecule has 6 nitrogen and oxygen atoms in total. The van der Waals surface area contributed by atoms with Crippen molar-refractivity contribution in [3.8, 4) is 11.5 Å². The van der Waals surface area contributed by atoms with Crippen LogP contribution in [-0.2, 0) is 10.2 Å². The van der Waals surface area contributed by atoms with Crippen LogP contribution in [0.1, 0.15) is 35.7 Å². The first-order chi connectivity index (χ1) is 16.5. The van der Waals surface area contributed by atoms with Crippen LogP contribution in [0.5, 0.6) is 11.5 Å². The monoisotopic (exact) mass is 457 g/mol. The van der Waals surface area contributed by atoms with Crippen LogP contribution >= 0.6 is 0 Å². The number of anilines is 1. The van der Waals surface area contributed by atoms with Gasteiger partial charge in [-0.15, -0.1) is 0 Å². The van der Waals surface area contributed by atoms with Crippen molar-refractivity contribution < 1.29 is 23.9 Å². The summed E-state index contributed by atoms with van der Waals surface area (Å²) in [4.78, 5) is 26.0. The number of allylic oxidation sites excluding steroid dienone is 2. The first-order valence-electron chi connectivity index (χ1n) is 11.9. The summed E-state index contributed by atoms with van der Waals surface area (Å²) in [6.07, 6.45) is 4.82. The highest BCUT2D eigenvalue weighted by molar-refractivity contribution is 5.97. The maximum Gasteiger partial charge on any atom is 0.216 e. The summed E-state index contributed by atoms with van der Waals surface area (Å²) in [5, 5.41) is 14.1. The van der Waals surface area contributed by atoms with E-state index in [1.165, 1.54) is 5.57 Å². The van der Waals surface area contributed by atoms with Gasteiger partial charge in [-0.2, -0.15) is 0 Å². The summed E-state index contributed by atoms with van der Waals surface area (Å²) in [5.41, 5.74) is 5.07. The third kappa shape index (κ3) is 2.60. The lowest BCUT2D eigenvalue weighted by Crippen LogP contribution is -2.64. The maximum absolute atomic E-state index is 13.6. The number of carbonyl (C=O) groups excluding carboxylic acids is 2. The highest BCUT2D eigenvalue weighted by Gasteiger charge is 2.69. The molecule has 0 radical (unpaired) electrons. The number of Topliss-reactive ketones (excluding diaryl/α,β-unsaturated/α-hetero) is 1. The Bertz CT molecular complexity index is 1280. The van der Waals surface area contributed by atoms with E-state index in [1.807, 2.05) is 37.3 Å². The molecule has 6 rings (SSSR count). The largest absolute Gasteiger partial charge is 0.506 e. The van der Waals surface area contributed by atoms with Crippen molar-refractivity contribution in [2.45, 2.75) is 31.2 Å². The van der Waals surface area contributed by atoms with Gasteiger partial charge in [-0.1, -0.05) is 18.2 Å². The van der Waals surface area contributed by atoms with Crippen molar-refractivity contribution in [1.29, 1.82) is 0 Å². The number of phenols is 1. The fraction of sp³-hybridized carbons (Fsp3) is 0.357. The number of quaternary nitrogens is 1. The van der Waals surface area contributed by atoms with E-state index in [9.17, 15) is 14.7 Å². The summed E-state index contributed by atoms with van der Waals surface area (Å²) in [6, 6.07) is 13.2. The van der Waals surface area contributed by atoms with Crippen molar-refractivity contribution in [2.75, 3.05) is 32.1 Å². The second-order valence-corrected chi connectivity index (χ2v) is 10.1. The lowest BCUT2D eigenvalue weighted by atomic mass is 9.61. The molecule has 4 atom stereocenters. The number of ether oxygens (including phenoxy) is 1. The number of ketones is 1. The Labute approximate surface area is 199 Å². The number of piperidine rings is 1. The van der Waals surface area contributed by atoms with Gasteiger partial charge in [0.15, 0.2) is 0 Å². The Hall–Kier alpha value is -3.38. The van der Waals surface area contributed by atoms with Crippen LogP contribution in [0, 0.1) is 5.92 Å². The van der Waals surface area contributed by atoms with Gasteiger partial charge in [0.05, 0.1) is 24.8 Å². The molecule has 1 unspecified atom stereocenters. The Morgan fingerprint density at radius 3 is 2.76 bits per heavy atom. The molecule has 0 aromatic heterocycles. The second-order valence-electron chi connectivity index (χ2n) is 10.1. The number of hydrogen-bond donors (Lipinski definition) is 2. The molecule has 0 amide bonds. The SMILES string of the molecule is C/C=C1/C[N+]2(CC(=O)c3ccc(OC)cc3)CC[C@]34C(=C(C=O)[C@H]1C[C@H]32)Nc1c(O)cccc14. The van der Waals surface area contributed by atoms with Gasteiger partial charge >= 0.3 is 0 Å². The van der Waals surface area contributed by atoms with E-state index >= 15 is 0 Å². The lowest BCUT2D eigenvalue weighted by Gasteiger charge is -2.53. The van der Waals surface area contributed by atoms with Crippen LogP contribution in [0.3, 0.4) is 0 Å². The molecule has 0 saturated carbocycles. The number of aldehydes is 1. The normalized spacial score (nSPS) is 31.6. The number of nitrogens with zero attached hydrogens (tertiary/aromatic N) is 1. The zero-order valence-electron chi connectivity index (χ0n) is 19.5. The van der Waals surface area contributed by atoms with Crippen LogP contribution in [0.25, 0.3) is 0 Å². The second kappa shape index (κ2) is 7.31. The van der Waals surface area contributed by atoms with E-state index in [1.54, 1.807) is 13.2 Å². The minimum atomic E-state index is -0.375. The fourth-order valence-electron chi connectivity index (χ4n) is 7.34. The summed E-state index contributed by atoms with van der Waals surface area (Å²) in [5.74, 6) is 1.12. The fourth-order valence-corrected chi connectivity index (χ4v) is 7.34. The Morgan fingerprint density at radius 2 is 2.06 bits per heavy atom. The van der Waals surface area contributed by atoms with E-state index in [0.29, 0.717) is 22.3 Å². The first kappa shape index (κ1) is 21.2. The van der Waals surface area contributed by atoms with Crippen molar-refractivity contribution in [2.24, 2.45) is 5.92 Å². The minimum Gasteiger partial charge on any atom is -0.506 e. The van der Waals surface area contributed by atoms with E-state index in [4.69, 9.17) is 4.74 Å². The highest BCUT2D eigenvalue weighted by atomic mass is 16.5. The van der Waals surface area contributed by atoms with Gasteiger partial charge in [0.1, 0.15) is 36.9 Å². The number of para-hydroxylation sites is 1. The molecule has 2 saturated heterocycles. The number of methoxy groups -OCH3 is 1. The first-order valence-corrected chi connectivity index (χ1v) is 11.9. The average molecular weight is 458 g/mol. The summed E-state index contributed by atoms with van der Waals surface area (Å²) < 4.78 is 5.94. The smallest absolute Gasteiger partial charge is 0.216 e. The van der Waals surface area contributed by atoms with Gasteiger partial charge in [0.25, 0.3) is 0 Å². The molecule has 4 aliphatic rings. The van der Waals surface area contributed by atoms with Crippen molar-refractivity contribution in [1.82, 2.24) is 0 Å². The lowest BCUT2D eigenvalue weighted by molar-refractivity contribution is -0.934. The quantitative estimate of drug-likeness (QED) is 0.234. The number of carbonyl (C=O) groups is 2. The van der Waals surface area contributed by atoms with Gasteiger partial charge in [-0.25, -0.2) is 0 Å². The molecule has 174 valence electrons. The number of aromatic hydroxyl groups is 1. The topological polar surface area (TPSA) is 75.6 Å². The molecule has 6 heteroatoms. The molecular weight excluding hydrogens is 428 g/mol. The zero-order chi connectivity index (χ0) is 23.7. The van der Waals surface area contributed by atoms with Crippen LogP contribution < -0.4 is 10.1 Å². The molecule has 2 aromatic rings. The molecule has 1 spiro atoms. The third-order valence-electron chi connectivity index (χ3n) is 8.84. The van der Waals surface area contributed by atoms with Crippen molar-refractivity contribution in [3.63, 3.8) is 0 Å². The van der Waals surface area contributed by atoms with Gasteiger partial charge in [-0.3, -0.25) is 9.59 Å². The molecule has 3 heterocycles. The van der Waals surface area contributed by atoms with Gasteiger partial charge in [0.2, 0.25) is 5.78 Å². The van der Waals surface area contributed by atoms with E-state index in [0.717, 1.165) is 54.8 Å². The molecule has 2 aromatic carbocycles. The van der Waals surface area contributed by atoms with E-state index in [2.05, 4.69) is 17.5 Å². The van der Waals surface area contributed by atoms with Crippen LogP contribution in [0.4, 0.5) is 5.69 Å². The van der Waals surface area contributed by atoms with Crippen LogP contribution in [0.2, 0.25) is 0 Å². The molecular formula is C28H29N2O4+. The number of phenolic OH excluding ortho intramolecular Hbond substituents is 1. The van der Waals surface area contributed by atoms with Crippen molar-refractivity contribution in [3.05, 3.63) is 76.5 Å². The standard InChI is InChI=1S/C28H28N2O4/c1-3-17-14-30(15-24(33)18-7-9-19(34-2)10-8-18)12-11-28-22-5-4-6-23(32)26(22)29-27(28)21(16-31)20(17)13-25(28)30/h3-10,16,20,25H,11-15H2,1-2H3,(H-,29,31,32)/p+1/b17-3-/t20-,25+,28+,30?/m0/s1. The number of fused-ring (bicyclic) bond motifs is 2. The van der Waals surface area contributed by atoms with E-state index in [-0.39, 0.29) is 28.9 Å². The van der Waals surface area contributed by atoms with Gasteiger partial charge in [-0.05, 0) is 48.4 Å². The van der Waals surface area contributed by atoms with Gasteiger partial charge in [0, 0.05) is 35.6 Å². The molecule has 2 fully saturated rings. The predicted octanol–water partition coefficient (Wildman–Crippen LogP) is 3.97. The zero-order valence-corrected chi connectivity index (χ0v) is 19.5. The molecule has 1 aliphatic carbocycles. The molecule has 34 heavy (non-hydrogen) atoms. The average Bonchev–Trinajstić information content (AvgIpc) is 3.39. The Balaban J connectivity index is 1.49. The third-order valence-corrected chi connectivity index (χ3v) is 8.84. The highest BCUT2D eigenvalue weighted by Crippen LogP contribution is 2.64. The predicted molar refractivity (Wildman–Crippen MR) is 129 cm³/mol. The van der Waals surface area contributed by atoms with E-state index < -0.39 is 0 Å². The number of benzene rings is 2. The summed E-state index contributed by atoms with van der Waals surface area (Å²) >= 11 is 0. The van der Waals surface area contributed by atoms with Crippen molar-refractivity contribution >= 4 is 17.8 Å². The Kier molecular flexibility index (Phi) is 4.55. The van der Waals surface area contributed by atoms with Crippen LogP contribution in [-0.4, -0.2) is 54.4 Å². The number of hydrogen-bond acceptors (Lipinski definition) is 5. The van der Waals surface area contributed by atoms with Crippen LogP contribution in [0.15, 0.2) is 65.4 Å². The number of nitrogens with one attached hydrogen (secondary N) is 1. The summed E-state index contributed by atoms with van der Waals surface area (Å²) in [7, 11) is 1.62. The Morgan fingerprint density at radius 1 is 1.26 bits per heavy atom. The molecule has 2 bridgehead atoms. The number of rotatable bonds is 5. The molecule has 3 aliphatic heterocycles. The maximum atomic E-state index is 13.6. The summed E-state index contributed by atoms with van der Waals surface area (Å²) in [6.45, 7) is 4.07. The van der Waals surface area contributed by atoms with Gasteiger partial charge < -0.3 is 19.6 Å². The molecule has 2 N–H and O–H groups in total. The minimum absolute atomic E-state index is 0.0556.